The van der Waals surface area contributed by atoms with E-state index in [1.54, 1.807) is 7.11 Å². The number of hydrogen-bond acceptors (Lipinski definition) is 3. The summed E-state index contributed by atoms with van der Waals surface area (Å²) in [5.74, 6) is 2.10. The van der Waals surface area contributed by atoms with Gasteiger partial charge in [-0.05, 0) is 55.0 Å². The molecule has 3 rings (SSSR count). The fraction of sp³-hybridized carbons (Fsp3) is 0.435. The number of carbonyl (C=O) groups excluding carboxylic acids is 1. The first-order valence-electron chi connectivity index (χ1n) is 9.78. The number of carbonyl (C=O) groups is 1. The van der Waals surface area contributed by atoms with E-state index >= 15 is 0 Å². The highest BCUT2D eigenvalue weighted by atomic mass is 16.5. The van der Waals surface area contributed by atoms with Crippen LogP contribution in [0.25, 0.3) is 0 Å². The maximum atomic E-state index is 12.8. The smallest absolute Gasteiger partial charge is 0.253 e. The van der Waals surface area contributed by atoms with Gasteiger partial charge < -0.3 is 14.4 Å². The number of nitrogens with zero attached hydrogens (tertiary/aromatic N) is 1. The molecule has 0 atom stereocenters. The zero-order chi connectivity index (χ0) is 19.2. The molecule has 0 saturated carbocycles. The Hall–Kier alpha value is -2.49. The molecule has 27 heavy (non-hydrogen) atoms. The largest absolute Gasteiger partial charge is 0.496 e. The minimum absolute atomic E-state index is 0.0983. The molecular formula is C23H29NO3. The Balaban J connectivity index is 1.79. The van der Waals surface area contributed by atoms with Crippen molar-refractivity contribution in [3.05, 3.63) is 59.2 Å². The van der Waals surface area contributed by atoms with Gasteiger partial charge in [-0.1, -0.05) is 32.0 Å². The summed E-state index contributed by atoms with van der Waals surface area (Å²) in [5.41, 5.74) is 2.77. The van der Waals surface area contributed by atoms with Gasteiger partial charge in [0.05, 0.1) is 7.11 Å². The minimum atomic E-state index is 0.0983. The lowest BCUT2D eigenvalue weighted by atomic mass is 10.0. The van der Waals surface area contributed by atoms with Crippen LogP contribution in [0, 0.1) is 0 Å². The molecule has 0 bridgehead atoms. The first-order valence-corrected chi connectivity index (χ1v) is 9.78. The van der Waals surface area contributed by atoms with E-state index in [1.807, 2.05) is 41.3 Å². The Morgan fingerprint density at radius 1 is 1.04 bits per heavy atom. The van der Waals surface area contributed by atoms with Crippen LogP contribution in [0.15, 0.2) is 42.5 Å². The summed E-state index contributed by atoms with van der Waals surface area (Å²) in [4.78, 5) is 14.8. The molecule has 1 amide bonds. The second-order valence-corrected chi connectivity index (χ2v) is 7.36. The number of amides is 1. The lowest BCUT2D eigenvalue weighted by molar-refractivity contribution is 0.0724. The van der Waals surface area contributed by atoms with E-state index in [0.29, 0.717) is 18.1 Å². The van der Waals surface area contributed by atoms with Gasteiger partial charge in [0.25, 0.3) is 5.91 Å². The molecule has 1 fully saturated rings. The molecule has 1 heterocycles. The molecule has 1 aliphatic heterocycles. The second-order valence-electron chi connectivity index (χ2n) is 7.36. The van der Waals surface area contributed by atoms with Gasteiger partial charge in [-0.15, -0.1) is 0 Å². The van der Waals surface area contributed by atoms with Gasteiger partial charge in [0.2, 0.25) is 0 Å². The highest BCUT2D eigenvalue weighted by molar-refractivity contribution is 5.94. The highest BCUT2D eigenvalue weighted by Gasteiger charge is 2.19. The van der Waals surface area contributed by atoms with Gasteiger partial charge in [-0.2, -0.15) is 0 Å². The molecule has 0 N–H and O–H groups in total. The molecule has 144 valence electrons. The van der Waals surface area contributed by atoms with Gasteiger partial charge in [-0.25, -0.2) is 0 Å². The predicted octanol–water partition coefficient (Wildman–Crippen LogP) is 5.02. The lowest BCUT2D eigenvalue weighted by Gasteiger charge is -2.27. The molecule has 0 spiro atoms. The molecule has 1 saturated heterocycles. The third-order valence-corrected chi connectivity index (χ3v) is 5.09. The van der Waals surface area contributed by atoms with Crippen LogP contribution in [0.3, 0.4) is 0 Å². The van der Waals surface area contributed by atoms with Crippen molar-refractivity contribution in [1.82, 2.24) is 4.90 Å². The summed E-state index contributed by atoms with van der Waals surface area (Å²) < 4.78 is 11.6. The zero-order valence-electron chi connectivity index (χ0n) is 16.5. The number of piperidine rings is 1. The van der Waals surface area contributed by atoms with Crippen LogP contribution in [0.5, 0.6) is 11.5 Å². The average Bonchev–Trinajstić information content (AvgIpc) is 2.72. The first-order chi connectivity index (χ1) is 13.1. The molecule has 0 aromatic heterocycles. The molecular weight excluding hydrogens is 338 g/mol. The summed E-state index contributed by atoms with van der Waals surface area (Å²) in [5, 5.41) is 0. The van der Waals surface area contributed by atoms with Crippen molar-refractivity contribution in [2.24, 2.45) is 0 Å². The van der Waals surface area contributed by atoms with Crippen LogP contribution >= 0.6 is 0 Å². The van der Waals surface area contributed by atoms with Crippen molar-refractivity contribution in [2.45, 2.75) is 45.6 Å². The van der Waals surface area contributed by atoms with E-state index in [9.17, 15) is 4.79 Å². The van der Waals surface area contributed by atoms with E-state index in [0.717, 1.165) is 43.0 Å². The number of hydrogen-bond donors (Lipinski definition) is 0. The van der Waals surface area contributed by atoms with Crippen molar-refractivity contribution >= 4 is 5.91 Å². The maximum Gasteiger partial charge on any atom is 0.253 e. The van der Waals surface area contributed by atoms with Gasteiger partial charge in [-0.3, -0.25) is 4.79 Å². The normalized spacial score (nSPS) is 14.3. The topological polar surface area (TPSA) is 38.8 Å². The fourth-order valence-electron chi connectivity index (χ4n) is 3.55. The zero-order valence-corrected chi connectivity index (χ0v) is 16.5. The molecule has 0 aliphatic carbocycles. The number of benzene rings is 2. The molecule has 0 unspecified atom stereocenters. The molecule has 0 radical (unpaired) electrons. The number of methoxy groups -OCH3 is 1. The lowest BCUT2D eigenvalue weighted by Crippen LogP contribution is -2.35. The Labute approximate surface area is 162 Å². The quantitative estimate of drug-likeness (QED) is 0.719. The standard InChI is InChI=1S/C23H29NO3/c1-17(2)20-9-5-6-10-22(20)27-16-19-15-18(11-12-21(19)26-3)23(25)24-13-7-4-8-14-24/h5-6,9-12,15,17H,4,7-8,13-14,16H2,1-3H3. The van der Waals surface area contributed by atoms with Gasteiger partial charge in [0, 0.05) is 24.2 Å². The van der Waals surface area contributed by atoms with Crippen molar-refractivity contribution < 1.29 is 14.3 Å². The van der Waals surface area contributed by atoms with E-state index in [1.165, 1.54) is 12.0 Å². The van der Waals surface area contributed by atoms with Gasteiger partial charge in [0.1, 0.15) is 18.1 Å². The van der Waals surface area contributed by atoms with Gasteiger partial charge >= 0.3 is 0 Å². The second kappa shape index (κ2) is 8.94. The average molecular weight is 367 g/mol. The van der Waals surface area contributed by atoms with E-state index in [-0.39, 0.29) is 5.91 Å². The predicted molar refractivity (Wildman–Crippen MR) is 108 cm³/mol. The Morgan fingerprint density at radius 3 is 2.48 bits per heavy atom. The summed E-state index contributed by atoms with van der Waals surface area (Å²) in [6.45, 7) is 6.37. The van der Waals surface area contributed by atoms with E-state index in [2.05, 4.69) is 19.9 Å². The molecule has 4 heteroatoms. The number of para-hydroxylation sites is 1. The summed E-state index contributed by atoms with van der Waals surface area (Å²) in [7, 11) is 1.65. The van der Waals surface area contributed by atoms with E-state index in [4.69, 9.17) is 9.47 Å². The SMILES string of the molecule is COc1ccc(C(=O)N2CCCCC2)cc1COc1ccccc1C(C)C. The van der Waals surface area contributed by atoms with Crippen LogP contribution < -0.4 is 9.47 Å². The third kappa shape index (κ3) is 4.62. The minimum Gasteiger partial charge on any atom is -0.496 e. The molecule has 2 aromatic rings. The van der Waals surface area contributed by atoms with Crippen molar-refractivity contribution in [1.29, 1.82) is 0 Å². The Morgan fingerprint density at radius 2 is 1.78 bits per heavy atom. The van der Waals surface area contributed by atoms with E-state index < -0.39 is 0 Å². The van der Waals surface area contributed by atoms with Crippen LogP contribution in [0.2, 0.25) is 0 Å². The van der Waals surface area contributed by atoms with Crippen LogP contribution in [0.4, 0.5) is 0 Å². The number of likely N-dealkylation sites (tertiary alicyclic amines) is 1. The maximum absolute atomic E-state index is 12.8. The van der Waals surface area contributed by atoms with Crippen molar-refractivity contribution in [3.63, 3.8) is 0 Å². The van der Waals surface area contributed by atoms with Crippen molar-refractivity contribution in [2.75, 3.05) is 20.2 Å². The molecule has 2 aromatic carbocycles. The number of ether oxygens (including phenoxy) is 2. The van der Waals surface area contributed by atoms with Gasteiger partial charge in [0.15, 0.2) is 0 Å². The highest BCUT2D eigenvalue weighted by Crippen LogP contribution is 2.28. The van der Waals surface area contributed by atoms with Crippen molar-refractivity contribution in [3.8, 4) is 11.5 Å². The fourth-order valence-corrected chi connectivity index (χ4v) is 3.55. The summed E-state index contributed by atoms with van der Waals surface area (Å²) in [6, 6.07) is 13.7. The first kappa shape index (κ1) is 19.3. The molecule has 1 aliphatic rings. The monoisotopic (exact) mass is 367 g/mol. The Bertz CT molecular complexity index is 779. The van der Waals surface area contributed by atoms with Crippen LogP contribution in [-0.4, -0.2) is 31.0 Å². The molecule has 4 nitrogen and oxygen atoms in total. The van der Waals surface area contributed by atoms with Crippen LogP contribution in [0.1, 0.15) is 60.5 Å². The number of rotatable bonds is 6. The summed E-state index contributed by atoms with van der Waals surface area (Å²) >= 11 is 0. The third-order valence-electron chi connectivity index (χ3n) is 5.09. The summed E-state index contributed by atoms with van der Waals surface area (Å²) in [6.07, 6.45) is 3.38. The Kier molecular flexibility index (Phi) is 6.38. The van der Waals surface area contributed by atoms with Crippen LogP contribution in [-0.2, 0) is 6.61 Å².